The fraction of sp³-hybridized carbons (Fsp3) is 0.214. The molecular weight excluding hydrogens is 426 g/mol. The van der Waals surface area contributed by atoms with Crippen molar-refractivity contribution in [2.75, 3.05) is 5.88 Å². The van der Waals surface area contributed by atoms with Crippen LogP contribution < -0.4 is 0 Å². The van der Waals surface area contributed by atoms with Gasteiger partial charge in [-0.25, -0.2) is 4.98 Å². The van der Waals surface area contributed by atoms with Gasteiger partial charge in [-0.15, -0.1) is 22.9 Å². The Morgan fingerprint density at radius 1 is 1.25 bits per heavy atom. The highest BCUT2D eigenvalue weighted by atomic mass is 127. The summed E-state index contributed by atoms with van der Waals surface area (Å²) in [5.74, 6) is 1.60. The molecule has 0 aliphatic heterocycles. The summed E-state index contributed by atoms with van der Waals surface area (Å²) < 4.78 is 4.24. The third kappa shape index (κ3) is 2.98. The van der Waals surface area contributed by atoms with Crippen LogP contribution in [-0.2, 0) is 13.0 Å². The predicted molar refractivity (Wildman–Crippen MR) is 95.3 cm³/mol. The minimum absolute atomic E-state index is 0.575. The number of aromatic nitrogens is 2. The van der Waals surface area contributed by atoms with Gasteiger partial charge in [0.15, 0.2) is 0 Å². The van der Waals surface area contributed by atoms with Crippen LogP contribution in [0.3, 0.4) is 0 Å². The Bertz CT molecular complexity index is 751. The lowest BCUT2D eigenvalue weighted by Crippen LogP contribution is -2.04. The molecule has 0 spiro atoms. The number of hydrogen-bond donors (Lipinski definition) is 0. The molecule has 1 aromatic carbocycles. The maximum Gasteiger partial charge on any atom is 0.111 e. The van der Waals surface area contributed by atoms with Gasteiger partial charge >= 0.3 is 0 Å². The molecule has 2 aromatic heterocycles. The number of benzene rings is 1. The van der Waals surface area contributed by atoms with Crippen LogP contribution in [0.1, 0.15) is 10.7 Å². The summed E-state index contributed by atoms with van der Waals surface area (Å²) in [4.78, 5) is 5.94. The van der Waals surface area contributed by atoms with Crippen LogP contribution >= 0.6 is 57.1 Å². The summed E-state index contributed by atoms with van der Waals surface area (Å²) in [7, 11) is 0. The van der Waals surface area contributed by atoms with Gasteiger partial charge < -0.3 is 4.57 Å². The van der Waals surface area contributed by atoms with Crippen LogP contribution in [0.4, 0.5) is 0 Å². The van der Waals surface area contributed by atoms with Crippen LogP contribution in [0.5, 0.6) is 0 Å². The Labute approximate surface area is 144 Å². The summed E-state index contributed by atoms with van der Waals surface area (Å²) in [6.45, 7) is 0.792. The molecule has 0 atom stereocenters. The Morgan fingerprint density at radius 2 is 2.10 bits per heavy atom. The van der Waals surface area contributed by atoms with E-state index in [9.17, 15) is 0 Å². The van der Waals surface area contributed by atoms with E-state index in [1.54, 1.807) is 11.3 Å². The molecule has 0 saturated carbocycles. The second kappa shape index (κ2) is 6.22. The number of thiophene rings is 1. The number of nitrogens with zero attached hydrogens (tertiary/aromatic N) is 2. The van der Waals surface area contributed by atoms with Crippen molar-refractivity contribution in [2.24, 2.45) is 0 Å². The molecular formula is C14H11Cl2IN2S. The van der Waals surface area contributed by atoms with E-state index >= 15 is 0 Å². The lowest BCUT2D eigenvalue weighted by Gasteiger charge is -2.07. The molecule has 0 aliphatic rings. The van der Waals surface area contributed by atoms with Gasteiger partial charge in [0.25, 0.3) is 0 Å². The van der Waals surface area contributed by atoms with Crippen LogP contribution in [0, 0.1) is 3.57 Å². The van der Waals surface area contributed by atoms with E-state index in [1.165, 1.54) is 8.45 Å². The number of imidazole rings is 1. The summed E-state index contributed by atoms with van der Waals surface area (Å²) >= 11 is 15.8. The number of aryl methyl sites for hydroxylation is 1. The molecule has 6 heteroatoms. The minimum atomic E-state index is 0.575. The third-order valence-corrected chi connectivity index (χ3v) is 5.13. The van der Waals surface area contributed by atoms with E-state index in [1.807, 2.05) is 6.07 Å². The molecule has 3 aromatic rings. The van der Waals surface area contributed by atoms with E-state index < -0.39 is 0 Å². The molecule has 0 aliphatic carbocycles. The summed E-state index contributed by atoms with van der Waals surface area (Å²) in [5.41, 5.74) is 2.18. The summed E-state index contributed by atoms with van der Waals surface area (Å²) in [5, 5.41) is 0. The molecule has 20 heavy (non-hydrogen) atoms. The number of hydrogen-bond acceptors (Lipinski definition) is 2. The Kier molecular flexibility index (Phi) is 4.55. The molecule has 2 nitrogen and oxygen atoms in total. The van der Waals surface area contributed by atoms with E-state index in [0.717, 1.165) is 34.2 Å². The molecule has 0 N–H and O–H groups in total. The van der Waals surface area contributed by atoms with E-state index in [2.05, 4.69) is 51.4 Å². The van der Waals surface area contributed by atoms with Crippen molar-refractivity contribution in [1.82, 2.24) is 9.55 Å². The first-order valence-corrected chi connectivity index (χ1v) is 8.93. The zero-order valence-corrected chi connectivity index (χ0v) is 14.9. The van der Waals surface area contributed by atoms with Gasteiger partial charge in [0, 0.05) is 20.7 Å². The lowest BCUT2D eigenvalue weighted by atomic mass is 10.3. The zero-order valence-electron chi connectivity index (χ0n) is 10.4. The average Bonchev–Trinajstić information content (AvgIpc) is 2.95. The highest BCUT2D eigenvalue weighted by molar-refractivity contribution is 14.1. The first-order valence-electron chi connectivity index (χ1n) is 6.12. The Morgan fingerprint density at radius 3 is 2.80 bits per heavy atom. The molecule has 2 heterocycles. The second-order valence-electron chi connectivity index (χ2n) is 4.39. The van der Waals surface area contributed by atoms with Crippen molar-refractivity contribution >= 4 is 68.2 Å². The standard InChI is InChI=1S/C14H11Cl2IN2S/c15-6-5-14-18-11-7-9(17)1-3-12(11)19(14)8-10-2-4-13(16)20-10/h1-4,7H,5-6,8H2. The SMILES string of the molecule is ClCCc1nc2cc(I)ccc2n1Cc1ccc(Cl)s1. The fourth-order valence-corrected chi connectivity index (χ4v) is 3.92. The summed E-state index contributed by atoms with van der Waals surface area (Å²) in [6.07, 6.45) is 0.770. The van der Waals surface area contributed by atoms with Gasteiger partial charge in [-0.2, -0.15) is 0 Å². The molecule has 0 unspecified atom stereocenters. The third-order valence-electron chi connectivity index (χ3n) is 3.05. The van der Waals surface area contributed by atoms with Crippen LogP contribution in [-0.4, -0.2) is 15.4 Å². The van der Waals surface area contributed by atoms with E-state index in [4.69, 9.17) is 28.2 Å². The minimum Gasteiger partial charge on any atom is -0.323 e. The molecule has 0 radical (unpaired) electrons. The fourth-order valence-electron chi connectivity index (χ4n) is 2.20. The predicted octanol–water partition coefficient (Wildman–Crippen LogP) is 5.19. The van der Waals surface area contributed by atoms with Crippen LogP contribution in [0.2, 0.25) is 4.34 Å². The van der Waals surface area contributed by atoms with Gasteiger partial charge in [-0.05, 0) is 52.9 Å². The van der Waals surface area contributed by atoms with Crippen molar-refractivity contribution in [3.8, 4) is 0 Å². The van der Waals surface area contributed by atoms with Gasteiger partial charge in [0.1, 0.15) is 5.82 Å². The number of halogens is 3. The molecule has 0 bridgehead atoms. The smallest absolute Gasteiger partial charge is 0.111 e. The topological polar surface area (TPSA) is 17.8 Å². The molecule has 0 saturated heterocycles. The summed E-state index contributed by atoms with van der Waals surface area (Å²) in [6, 6.07) is 10.3. The van der Waals surface area contributed by atoms with Crippen molar-refractivity contribution in [3.63, 3.8) is 0 Å². The van der Waals surface area contributed by atoms with Gasteiger partial charge in [0.2, 0.25) is 0 Å². The first kappa shape index (κ1) is 14.6. The highest BCUT2D eigenvalue weighted by Crippen LogP contribution is 2.25. The average molecular weight is 437 g/mol. The van der Waals surface area contributed by atoms with Crippen molar-refractivity contribution < 1.29 is 0 Å². The Hall–Kier alpha value is -0.300. The lowest BCUT2D eigenvalue weighted by molar-refractivity contribution is 0.763. The van der Waals surface area contributed by atoms with Crippen LogP contribution in [0.15, 0.2) is 30.3 Å². The van der Waals surface area contributed by atoms with Gasteiger partial charge in [0.05, 0.1) is 21.9 Å². The number of rotatable bonds is 4. The maximum absolute atomic E-state index is 6.01. The Balaban J connectivity index is 2.08. The molecule has 104 valence electrons. The number of alkyl halides is 1. The van der Waals surface area contributed by atoms with Crippen molar-refractivity contribution in [3.05, 3.63) is 48.9 Å². The second-order valence-corrected chi connectivity index (χ2v) is 7.82. The quantitative estimate of drug-likeness (QED) is 0.406. The zero-order chi connectivity index (χ0) is 14.1. The first-order chi connectivity index (χ1) is 9.67. The maximum atomic E-state index is 6.01. The number of fused-ring (bicyclic) bond motifs is 1. The highest BCUT2D eigenvalue weighted by Gasteiger charge is 2.12. The van der Waals surface area contributed by atoms with Crippen LogP contribution in [0.25, 0.3) is 11.0 Å². The molecule has 0 amide bonds. The molecule has 3 rings (SSSR count). The van der Waals surface area contributed by atoms with Crippen molar-refractivity contribution in [1.29, 1.82) is 0 Å². The van der Waals surface area contributed by atoms with E-state index in [-0.39, 0.29) is 0 Å². The van der Waals surface area contributed by atoms with Crippen molar-refractivity contribution in [2.45, 2.75) is 13.0 Å². The van der Waals surface area contributed by atoms with E-state index in [0.29, 0.717) is 5.88 Å². The molecule has 0 fully saturated rings. The van der Waals surface area contributed by atoms with Gasteiger partial charge in [-0.3, -0.25) is 0 Å². The largest absolute Gasteiger partial charge is 0.323 e. The monoisotopic (exact) mass is 436 g/mol. The normalized spacial score (nSPS) is 11.3. The van der Waals surface area contributed by atoms with Gasteiger partial charge in [-0.1, -0.05) is 11.6 Å².